The van der Waals surface area contributed by atoms with Gasteiger partial charge in [0.15, 0.2) is 0 Å². The summed E-state index contributed by atoms with van der Waals surface area (Å²) in [5.74, 6) is -0.852. The molecule has 6 nitrogen and oxygen atoms in total. The fourth-order valence-electron chi connectivity index (χ4n) is 2.17. The molecule has 0 aromatic heterocycles. The number of esters is 1. The monoisotopic (exact) mass is 255 g/mol. The molecule has 1 heterocycles. The highest BCUT2D eigenvalue weighted by molar-refractivity contribution is 5.83. The van der Waals surface area contributed by atoms with Gasteiger partial charge in [0, 0.05) is 12.5 Å². The van der Waals surface area contributed by atoms with Crippen LogP contribution in [0.2, 0.25) is 0 Å². The summed E-state index contributed by atoms with van der Waals surface area (Å²) in [5, 5.41) is 9.12. The molecule has 1 amide bonds. The van der Waals surface area contributed by atoms with E-state index in [0.29, 0.717) is 6.42 Å². The van der Waals surface area contributed by atoms with E-state index in [2.05, 4.69) is 11.3 Å². The predicted octanol–water partition coefficient (Wildman–Crippen LogP) is 1.24. The molecule has 0 aromatic carbocycles. The van der Waals surface area contributed by atoms with Gasteiger partial charge in [0.25, 0.3) is 0 Å². The van der Waals surface area contributed by atoms with Crippen molar-refractivity contribution in [3.05, 3.63) is 24.5 Å². The fourth-order valence-corrected chi connectivity index (χ4v) is 2.17. The number of carbonyl (C=O) groups is 2. The van der Waals surface area contributed by atoms with E-state index < -0.39 is 18.1 Å². The lowest BCUT2D eigenvalue weighted by atomic mass is 9.93. The Balaban J connectivity index is 3.10. The summed E-state index contributed by atoms with van der Waals surface area (Å²) in [4.78, 5) is 24.0. The number of allylic oxidation sites excluding steroid dienone is 1. The molecule has 2 atom stereocenters. The first-order valence-corrected chi connectivity index (χ1v) is 5.46. The Morgan fingerprint density at radius 3 is 2.67 bits per heavy atom. The van der Waals surface area contributed by atoms with Crippen molar-refractivity contribution in [3.63, 3.8) is 0 Å². The van der Waals surface area contributed by atoms with Gasteiger partial charge in [0.1, 0.15) is 6.04 Å². The Morgan fingerprint density at radius 1 is 1.56 bits per heavy atom. The van der Waals surface area contributed by atoms with E-state index in [9.17, 15) is 9.59 Å². The summed E-state index contributed by atoms with van der Waals surface area (Å²) in [5.41, 5.74) is 0.746. The second kappa shape index (κ2) is 6.09. The lowest BCUT2D eigenvalue weighted by Crippen LogP contribution is -2.43. The SMILES string of the molecule is C=CCC1C(=COC)CN(C(=O)O)C1C(=O)OC. The van der Waals surface area contributed by atoms with Crippen molar-refractivity contribution in [3.8, 4) is 0 Å². The maximum atomic E-state index is 11.7. The van der Waals surface area contributed by atoms with E-state index in [-0.39, 0.29) is 12.5 Å². The highest BCUT2D eigenvalue weighted by Gasteiger charge is 2.45. The second-order valence-electron chi connectivity index (χ2n) is 3.94. The molecule has 0 aromatic rings. The molecule has 0 saturated carbocycles. The maximum absolute atomic E-state index is 11.7. The van der Waals surface area contributed by atoms with Crippen molar-refractivity contribution in [2.24, 2.45) is 5.92 Å². The average molecular weight is 255 g/mol. The zero-order chi connectivity index (χ0) is 13.7. The minimum atomic E-state index is -1.15. The normalized spacial score (nSPS) is 25.0. The number of methoxy groups -OCH3 is 2. The van der Waals surface area contributed by atoms with E-state index in [1.54, 1.807) is 6.08 Å². The van der Waals surface area contributed by atoms with Crippen LogP contribution in [0.3, 0.4) is 0 Å². The number of carbonyl (C=O) groups excluding carboxylic acids is 1. The number of ether oxygens (including phenoxy) is 2. The van der Waals surface area contributed by atoms with Gasteiger partial charge < -0.3 is 14.6 Å². The molecule has 1 saturated heterocycles. The van der Waals surface area contributed by atoms with Crippen molar-refractivity contribution in [2.75, 3.05) is 20.8 Å². The van der Waals surface area contributed by atoms with Crippen molar-refractivity contribution in [1.29, 1.82) is 0 Å². The van der Waals surface area contributed by atoms with Gasteiger partial charge in [0.2, 0.25) is 0 Å². The van der Waals surface area contributed by atoms with Crippen LogP contribution in [0, 0.1) is 5.92 Å². The highest BCUT2D eigenvalue weighted by atomic mass is 16.5. The van der Waals surface area contributed by atoms with E-state index in [4.69, 9.17) is 9.84 Å². The molecule has 0 radical (unpaired) electrons. The second-order valence-corrected chi connectivity index (χ2v) is 3.94. The molecule has 1 rings (SSSR count). The molecule has 1 fully saturated rings. The molecular weight excluding hydrogens is 238 g/mol. The zero-order valence-corrected chi connectivity index (χ0v) is 10.5. The Labute approximate surface area is 105 Å². The Hall–Kier alpha value is -1.98. The van der Waals surface area contributed by atoms with Crippen molar-refractivity contribution < 1.29 is 24.2 Å². The van der Waals surface area contributed by atoms with Crippen molar-refractivity contribution in [2.45, 2.75) is 12.5 Å². The fraction of sp³-hybridized carbons (Fsp3) is 0.500. The molecule has 0 spiro atoms. The van der Waals surface area contributed by atoms with Gasteiger partial charge in [-0.2, -0.15) is 0 Å². The Kier molecular flexibility index (Phi) is 4.76. The summed E-state index contributed by atoms with van der Waals surface area (Å²) in [6.45, 7) is 3.76. The van der Waals surface area contributed by atoms with Gasteiger partial charge in [-0.15, -0.1) is 6.58 Å². The third-order valence-corrected chi connectivity index (χ3v) is 2.92. The van der Waals surface area contributed by atoms with Crippen LogP contribution < -0.4 is 0 Å². The first kappa shape index (κ1) is 14.1. The number of hydrogen-bond acceptors (Lipinski definition) is 4. The van der Waals surface area contributed by atoms with Gasteiger partial charge in [-0.25, -0.2) is 9.59 Å². The van der Waals surface area contributed by atoms with E-state index in [1.165, 1.54) is 20.5 Å². The number of rotatable bonds is 4. The lowest BCUT2D eigenvalue weighted by molar-refractivity contribution is -0.146. The summed E-state index contributed by atoms with van der Waals surface area (Å²) >= 11 is 0. The lowest BCUT2D eigenvalue weighted by Gasteiger charge is -2.22. The molecule has 0 aliphatic carbocycles. The summed E-state index contributed by atoms with van der Waals surface area (Å²) in [6.07, 6.45) is 2.46. The molecule has 1 N–H and O–H groups in total. The molecule has 0 bridgehead atoms. The predicted molar refractivity (Wildman–Crippen MR) is 63.9 cm³/mol. The minimum absolute atomic E-state index is 0.140. The first-order chi connectivity index (χ1) is 8.56. The van der Waals surface area contributed by atoms with Gasteiger partial charge in [0.05, 0.1) is 20.5 Å². The average Bonchev–Trinajstić information content (AvgIpc) is 2.69. The van der Waals surface area contributed by atoms with Crippen LogP contribution in [-0.2, 0) is 14.3 Å². The first-order valence-electron chi connectivity index (χ1n) is 5.46. The van der Waals surface area contributed by atoms with E-state index in [0.717, 1.165) is 10.5 Å². The van der Waals surface area contributed by atoms with Gasteiger partial charge in [-0.3, -0.25) is 4.90 Å². The molecule has 1 aliphatic rings. The van der Waals surface area contributed by atoms with Gasteiger partial charge >= 0.3 is 12.1 Å². The molecule has 2 unspecified atom stereocenters. The number of hydrogen-bond donors (Lipinski definition) is 1. The molecule has 6 heteroatoms. The quantitative estimate of drug-likeness (QED) is 0.464. The number of amides is 1. The zero-order valence-electron chi connectivity index (χ0n) is 10.5. The van der Waals surface area contributed by atoms with Crippen LogP contribution in [-0.4, -0.2) is 48.9 Å². The Morgan fingerprint density at radius 2 is 2.22 bits per heavy atom. The van der Waals surface area contributed by atoms with Crippen LogP contribution in [0.25, 0.3) is 0 Å². The van der Waals surface area contributed by atoms with E-state index >= 15 is 0 Å². The van der Waals surface area contributed by atoms with Crippen LogP contribution in [0.4, 0.5) is 4.79 Å². The van der Waals surface area contributed by atoms with Crippen LogP contribution in [0.5, 0.6) is 0 Å². The smallest absolute Gasteiger partial charge is 0.408 e. The number of likely N-dealkylation sites (tertiary alicyclic amines) is 1. The topological polar surface area (TPSA) is 76.1 Å². The summed E-state index contributed by atoms with van der Waals surface area (Å²) < 4.78 is 9.60. The van der Waals surface area contributed by atoms with Crippen LogP contribution >= 0.6 is 0 Å². The molecule has 18 heavy (non-hydrogen) atoms. The number of nitrogens with zero attached hydrogens (tertiary/aromatic N) is 1. The maximum Gasteiger partial charge on any atom is 0.408 e. The highest BCUT2D eigenvalue weighted by Crippen LogP contribution is 2.33. The largest absolute Gasteiger partial charge is 0.504 e. The van der Waals surface area contributed by atoms with E-state index in [1.807, 2.05) is 0 Å². The molecular formula is C12H17NO5. The third-order valence-electron chi connectivity index (χ3n) is 2.92. The molecule has 100 valence electrons. The van der Waals surface area contributed by atoms with Crippen molar-refractivity contribution in [1.82, 2.24) is 4.90 Å². The van der Waals surface area contributed by atoms with Crippen LogP contribution in [0.15, 0.2) is 24.5 Å². The summed E-state index contributed by atoms with van der Waals surface area (Å²) in [7, 11) is 2.72. The third kappa shape index (κ3) is 2.64. The standard InChI is InChI=1S/C12H17NO5/c1-4-5-9-8(7-17-2)6-13(12(15)16)10(9)11(14)18-3/h4,7,9-10H,1,5-6H2,2-3H3,(H,15,16). The number of carboxylic acid groups (broad SMARTS) is 1. The van der Waals surface area contributed by atoms with Gasteiger partial charge in [-0.1, -0.05) is 6.08 Å². The Bertz CT molecular complexity index is 377. The van der Waals surface area contributed by atoms with Gasteiger partial charge in [-0.05, 0) is 12.0 Å². The minimum Gasteiger partial charge on any atom is -0.504 e. The molecule has 1 aliphatic heterocycles. The summed E-state index contributed by atoms with van der Waals surface area (Å²) in [6, 6.07) is -0.841. The van der Waals surface area contributed by atoms with Crippen LogP contribution in [0.1, 0.15) is 6.42 Å². The van der Waals surface area contributed by atoms with Crippen molar-refractivity contribution >= 4 is 12.1 Å².